The summed E-state index contributed by atoms with van der Waals surface area (Å²) in [6.07, 6.45) is 0. The van der Waals surface area contributed by atoms with Gasteiger partial charge in [0, 0.05) is 5.56 Å². The van der Waals surface area contributed by atoms with Crippen LogP contribution in [0, 0.1) is 11.6 Å². The van der Waals surface area contributed by atoms with Crippen molar-refractivity contribution in [1.82, 2.24) is 0 Å². The Hall–Kier alpha value is -2.43. The molecule has 0 unspecified atom stereocenters. The summed E-state index contributed by atoms with van der Waals surface area (Å²) in [5.41, 5.74) is -0.989. The number of rotatable bonds is 5. The van der Waals surface area contributed by atoms with Crippen LogP contribution in [0.3, 0.4) is 0 Å². The average molecular weight is 306 g/mol. The molecule has 0 aromatic heterocycles. The molecular formula is C17H16F2O3. The van der Waals surface area contributed by atoms with E-state index in [4.69, 9.17) is 9.47 Å². The van der Waals surface area contributed by atoms with E-state index in [1.54, 1.807) is 12.1 Å². The molecule has 0 aliphatic carbocycles. The number of esters is 1. The Bertz CT molecular complexity index is 651. The highest BCUT2D eigenvalue weighted by molar-refractivity contribution is 5.79. The fraction of sp³-hybridized carbons (Fsp3) is 0.235. The van der Waals surface area contributed by atoms with E-state index in [1.165, 1.54) is 50.2 Å². The molecule has 0 radical (unpaired) electrons. The summed E-state index contributed by atoms with van der Waals surface area (Å²) in [7, 11) is 0. The number of hydrogen-bond acceptors (Lipinski definition) is 3. The van der Waals surface area contributed by atoms with Crippen LogP contribution >= 0.6 is 0 Å². The number of halogens is 2. The second-order valence-electron chi connectivity index (χ2n) is 5.23. The second-order valence-corrected chi connectivity index (χ2v) is 5.23. The smallest absolute Gasteiger partial charge is 0.350 e. The van der Waals surface area contributed by atoms with E-state index in [-0.39, 0.29) is 12.2 Å². The highest BCUT2D eigenvalue weighted by atomic mass is 19.1. The molecule has 0 heterocycles. The Kier molecular flexibility index (Phi) is 4.75. The molecule has 0 atom stereocenters. The highest BCUT2D eigenvalue weighted by Gasteiger charge is 2.32. The Morgan fingerprint density at radius 2 is 1.68 bits per heavy atom. The van der Waals surface area contributed by atoms with E-state index in [1.807, 2.05) is 0 Å². The molecule has 0 saturated carbocycles. The summed E-state index contributed by atoms with van der Waals surface area (Å²) in [5, 5.41) is 0. The predicted molar refractivity (Wildman–Crippen MR) is 77.3 cm³/mol. The largest absolute Gasteiger partial charge is 0.476 e. The molecule has 2 aromatic rings. The van der Waals surface area contributed by atoms with E-state index in [0.29, 0.717) is 5.75 Å². The molecule has 0 N–H and O–H groups in total. The monoisotopic (exact) mass is 306 g/mol. The number of ether oxygens (including phenoxy) is 2. The molecule has 0 aliphatic rings. The minimum atomic E-state index is -1.27. The van der Waals surface area contributed by atoms with Crippen molar-refractivity contribution in [3.05, 3.63) is 65.7 Å². The minimum absolute atomic E-state index is 0.179. The van der Waals surface area contributed by atoms with Gasteiger partial charge in [-0.25, -0.2) is 13.6 Å². The van der Waals surface area contributed by atoms with E-state index in [0.717, 1.165) is 0 Å². The van der Waals surface area contributed by atoms with Gasteiger partial charge < -0.3 is 9.47 Å². The fourth-order valence-electron chi connectivity index (χ4n) is 1.77. The first-order valence-corrected chi connectivity index (χ1v) is 6.74. The van der Waals surface area contributed by atoms with Crippen molar-refractivity contribution < 1.29 is 23.0 Å². The number of carbonyl (C=O) groups is 1. The summed E-state index contributed by atoms with van der Waals surface area (Å²) in [6, 6.07) is 11.4. The first-order valence-electron chi connectivity index (χ1n) is 6.74. The van der Waals surface area contributed by atoms with Crippen molar-refractivity contribution in [2.75, 3.05) is 0 Å². The molecule has 0 aliphatic heterocycles. The first-order chi connectivity index (χ1) is 10.4. The zero-order valence-electron chi connectivity index (χ0n) is 12.3. The lowest BCUT2D eigenvalue weighted by molar-refractivity contribution is -0.160. The lowest BCUT2D eigenvalue weighted by atomic mass is 10.1. The predicted octanol–water partition coefficient (Wildman–Crippen LogP) is 3.87. The highest BCUT2D eigenvalue weighted by Crippen LogP contribution is 2.20. The van der Waals surface area contributed by atoms with Gasteiger partial charge in [-0.05, 0) is 44.2 Å². The molecular weight excluding hydrogens is 290 g/mol. The van der Waals surface area contributed by atoms with Crippen LogP contribution in [0.1, 0.15) is 19.4 Å². The molecule has 0 amide bonds. The molecule has 22 heavy (non-hydrogen) atoms. The normalized spacial score (nSPS) is 11.1. The lowest BCUT2D eigenvalue weighted by Crippen LogP contribution is -2.39. The molecule has 2 rings (SSSR count). The van der Waals surface area contributed by atoms with Crippen LogP contribution in [0.15, 0.2) is 48.5 Å². The van der Waals surface area contributed by atoms with E-state index in [2.05, 4.69) is 0 Å². The second kappa shape index (κ2) is 6.56. The third-order valence-corrected chi connectivity index (χ3v) is 2.99. The van der Waals surface area contributed by atoms with Gasteiger partial charge in [-0.15, -0.1) is 0 Å². The Labute approximate surface area is 127 Å². The lowest BCUT2D eigenvalue weighted by Gasteiger charge is -2.24. The zero-order valence-corrected chi connectivity index (χ0v) is 12.3. The quantitative estimate of drug-likeness (QED) is 0.787. The van der Waals surface area contributed by atoms with Crippen molar-refractivity contribution in [2.45, 2.75) is 26.1 Å². The van der Waals surface area contributed by atoms with Crippen molar-refractivity contribution in [2.24, 2.45) is 0 Å². The van der Waals surface area contributed by atoms with E-state index >= 15 is 0 Å². The average Bonchev–Trinajstić information content (AvgIpc) is 2.48. The van der Waals surface area contributed by atoms with Crippen LogP contribution in [-0.2, 0) is 16.1 Å². The molecule has 2 aromatic carbocycles. The van der Waals surface area contributed by atoms with Gasteiger partial charge in [-0.3, -0.25) is 0 Å². The maximum Gasteiger partial charge on any atom is 0.350 e. The molecule has 3 nitrogen and oxygen atoms in total. The summed E-state index contributed by atoms with van der Waals surface area (Å²) < 4.78 is 36.9. The number of benzene rings is 2. The minimum Gasteiger partial charge on any atom is -0.476 e. The van der Waals surface area contributed by atoms with Crippen LogP contribution < -0.4 is 4.74 Å². The Balaban J connectivity index is 1.98. The zero-order chi connectivity index (χ0) is 16.2. The maximum atomic E-state index is 13.5. The third kappa shape index (κ3) is 4.04. The standard InChI is InChI=1S/C17H16F2O3/c1-17(2,22-14-9-7-13(18)8-10-14)16(20)21-11-12-5-3-4-6-15(12)19/h3-10H,11H2,1-2H3. The van der Waals surface area contributed by atoms with Gasteiger partial charge in [0.05, 0.1) is 0 Å². The summed E-state index contributed by atoms with van der Waals surface area (Å²) in [4.78, 5) is 12.1. The Morgan fingerprint density at radius 3 is 2.32 bits per heavy atom. The molecule has 0 spiro atoms. The summed E-state index contributed by atoms with van der Waals surface area (Å²) in [5.74, 6) is -1.13. The number of carbonyl (C=O) groups excluding carboxylic acids is 1. The van der Waals surface area contributed by atoms with E-state index < -0.39 is 23.2 Å². The van der Waals surface area contributed by atoms with Crippen molar-refractivity contribution in [1.29, 1.82) is 0 Å². The van der Waals surface area contributed by atoms with E-state index in [9.17, 15) is 13.6 Å². The van der Waals surface area contributed by atoms with Crippen LogP contribution in [0.2, 0.25) is 0 Å². The Morgan fingerprint density at radius 1 is 1.05 bits per heavy atom. The van der Waals surface area contributed by atoms with Gasteiger partial charge in [0.25, 0.3) is 0 Å². The molecule has 5 heteroatoms. The summed E-state index contributed by atoms with van der Waals surface area (Å²) in [6.45, 7) is 2.88. The van der Waals surface area contributed by atoms with Gasteiger partial charge in [0.1, 0.15) is 24.0 Å². The molecule has 116 valence electrons. The molecule has 0 fully saturated rings. The van der Waals surface area contributed by atoms with Crippen LogP contribution in [0.25, 0.3) is 0 Å². The van der Waals surface area contributed by atoms with Crippen molar-refractivity contribution >= 4 is 5.97 Å². The van der Waals surface area contributed by atoms with Crippen LogP contribution in [0.4, 0.5) is 8.78 Å². The maximum absolute atomic E-state index is 13.5. The number of hydrogen-bond donors (Lipinski definition) is 0. The van der Waals surface area contributed by atoms with Crippen LogP contribution in [-0.4, -0.2) is 11.6 Å². The molecule has 0 bridgehead atoms. The first kappa shape index (κ1) is 15.9. The van der Waals surface area contributed by atoms with Gasteiger partial charge >= 0.3 is 5.97 Å². The topological polar surface area (TPSA) is 35.5 Å². The van der Waals surface area contributed by atoms with Gasteiger partial charge in [-0.2, -0.15) is 0 Å². The van der Waals surface area contributed by atoms with Gasteiger partial charge in [0.2, 0.25) is 0 Å². The SMILES string of the molecule is CC(C)(Oc1ccc(F)cc1)C(=O)OCc1ccccc1F. The fourth-order valence-corrected chi connectivity index (χ4v) is 1.77. The molecule has 0 saturated heterocycles. The van der Waals surface area contributed by atoms with Gasteiger partial charge in [-0.1, -0.05) is 18.2 Å². The van der Waals surface area contributed by atoms with Crippen LogP contribution in [0.5, 0.6) is 5.75 Å². The van der Waals surface area contributed by atoms with Gasteiger partial charge in [0.15, 0.2) is 5.60 Å². The summed E-state index contributed by atoms with van der Waals surface area (Å²) >= 11 is 0. The van der Waals surface area contributed by atoms with Crippen molar-refractivity contribution in [3.8, 4) is 5.75 Å². The van der Waals surface area contributed by atoms with Crippen molar-refractivity contribution in [3.63, 3.8) is 0 Å². The third-order valence-electron chi connectivity index (χ3n) is 2.99.